The van der Waals surface area contributed by atoms with E-state index in [1.807, 2.05) is 4.57 Å². The summed E-state index contributed by atoms with van der Waals surface area (Å²) in [6.45, 7) is 6.50. The maximum Gasteiger partial charge on any atom is 0.223 e. The zero-order chi connectivity index (χ0) is 15.1. The van der Waals surface area contributed by atoms with Crippen molar-refractivity contribution >= 4 is 0 Å². The molecule has 4 nitrogen and oxygen atoms in total. The summed E-state index contributed by atoms with van der Waals surface area (Å²) >= 11 is 0. The van der Waals surface area contributed by atoms with Gasteiger partial charge in [-0.1, -0.05) is 19.3 Å². The Balaban J connectivity index is 1.61. The van der Waals surface area contributed by atoms with Crippen molar-refractivity contribution in [1.29, 1.82) is 0 Å². The van der Waals surface area contributed by atoms with Crippen LogP contribution in [0.1, 0.15) is 50.6 Å². The van der Waals surface area contributed by atoms with E-state index in [1.165, 1.54) is 64.2 Å². The van der Waals surface area contributed by atoms with E-state index in [-0.39, 0.29) is 11.2 Å². The van der Waals surface area contributed by atoms with Crippen LogP contribution >= 0.6 is 0 Å². The summed E-state index contributed by atoms with van der Waals surface area (Å²) < 4.78 is 1.97. The topological polar surface area (TPSA) is 45.5 Å². The summed E-state index contributed by atoms with van der Waals surface area (Å²) in [7, 11) is 0. The Hall–Kier alpha value is -1.29. The van der Waals surface area contributed by atoms with Crippen molar-refractivity contribution < 1.29 is 5.11 Å². The molecule has 1 aliphatic heterocycles. The van der Waals surface area contributed by atoms with E-state index in [2.05, 4.69) is 4.90 Å². The maximum atomic E-state index is 11.3. The number of hydrogen-bond acceptors (Lipinski definition) is 3. The lowest BCUT2D eigenvalue weighted by Gasteiger charge is -2.26. The van der Waals surface area contributed by atoms with Crippen LogP contribution < -0.4 is 5.43 Å². The van der Waals surface area contributed by atoms with Gasteiger partial charge in [0.1, 0.15) is 0 Å². The fourth-order valence-electron chi connectivity index (χ4n) is 3.06. The molecule has 0 radical (unpaired) electrons. The van der Waals surface area contributed by atoms with E-state index in [1.54, 1.807) is 13.1 Å². The third-order valence-corrected chi connectivity index (χ3v) is 4.48. The smallest absolute Gasteiger partial charge is 0.223 e. The van der Waals surface area contributed by atoms with Gasteiger partial charge in [0.15, 0.2) is 5.75 Å². The molecule has 2 rings (SSSR count). The van der Waals surface area contributed by atoms with Crippen molar-refractivity contribution in [3.63, 3.8) is 0 Å². The third-order valence-electron chi connectivity index (χ3n) is 4.48. The normalized spacial score (nSPS) is 16.2. The molecule has 1 fully saturated rings. The molecule has 0 aliphatic carbocycles. The fraction of sp³-hybridized carbons (Fsp3) is 0.706. The van der Waals surface area contributed by atoms with Crippen LogP contribution in [0.4, 0.5) is 0 Å². The molecule has 0 unspecified atom stereocenters. The predicted molar refractivity (Wildman–Crippen MR) is 85.9 cm³/mol. The second kappa shape index (κ2) is 8.23. The highest BCUT2D eigenvalue weighted by Gasteiger charge is 2.09. The van der Waals surface area contributed by atoms with Crippen LogP contribution in [0.5, 0.6) is 5.75 Å². The number of likely N-dealkylation sites (tertiary alicyclic amines) is 1. The molecule has 0 bridgehead atoms. The molecule has 21 heavy (non-hydrogen) atoms. The van der Waals surface area contributed by atoms with Gasteiger partial charge < -0.3 is 14.6 Å². The maximum absolute atomic E-state index is 11.3. The van der Waals surface area contributed by atoms with Gasteiger partial charge in [0.05, 0.1) is 5.69 Å². The summed E-state index contributed by atoms with van der Waals surface area (Å²) in [5, 5.41) is 9.63. The number of pyridine rings is 1. The Morgan fingerprint density at radius 2 is 1.71 bits per heavy atom. The molecule has 0 aromatic carbocycles. The number of aryl methyl sites for hydroxylation is 1. The molecule has 1 aromatic heterocycles. The average molecular weight is 292 g/mol. The predicted octanol–water partition coefficient (Wildman–Crippen LogP) is 2.91. The summed E-state index contributed by atoms with van der Waals surface area (Å²) in [6.07, 6.45) is 10.8. The summed E-state index contributed by atoms with van der Waals surface area (Å²) in [5.74, 6) is -0.109. The molecule has 1 aromatic rings. The van der Waals surface area contributed by atoms with Crippen LogP contribution in [0.15, 0.2) is 17.1 Å². The van der Waals surface area contributed by atoms with Crippen molar-refractivity contribution in [2.24, 2.45) is 0 Å². The van der Waals surface area contributed by atoms with Gasteiger partial charge >= 0.3 is 0 Å². The van der Waals surface area contributed by atoms with Crippen LogP contribution in [0.2, 0.25) is 0 Å². The number of rotatable bonds is 7. The molecular weight excluding hydrogens is 264 g/mol. The number of nitrogens with zero attached hydrogens (tertiary/aromatic N) is 2. The first-order chi connectivity index (χ1) is 10.2. The van der Waals surface area contributed by atoms with Gasteiger partial charge in [0.25, 0.3) is 0 Å². The number of piperidine rings is 1. The lowest BCUT2D eigenvalue weighted by atomic mass is 10.1. The van der Waals surface area contributed by atoms with Crippen molar-refractivity contribution in [2.45, 2.75) is 58.4 Å². The Morgan fingerprint density at radius 3 is 2.43 bits per heavy atom. The number of hydrogen-bond donors (Lipinski definition) is 1. The van der Waals surface area contributed by atoms with Crippen LogP contribution in [-0.2, 0) is 6.54 Å². The van der Waals surface area contributed by atoms with Gasteiger partial charge in [-0.15, -0.1) is 0 Å². The van der Waals surface area contributed by atoms with Crippen LogP contribution in [0.25, 0.3) is 0 Å². The van der Waals surface area contributed by atoms with Gasteiger partial charge in [0.2, 0.25) is 5.43 Å². The minimum Gasteiger partial charge on any atom is -0.503 e. The second-order valence-electron chi connectivity index (χ2n) is 6.12. The molecule has 1 saturated heterocycles. The van der Waals surface area contributed by atoms with E-state index in [9.17, 15) is 9.90 Å². The monoisotopic (exact) mass is 292 g/mol. The summed E-state index contributed by atoms with van der Waals surface area (Å²) in [4.78, 5) is 13.9. The summed E-state index contributed by atoms with van der Waals surface area (Å²) in [5.41, 5.74) is 0.390. The largest absolute Gasteiger partial charge is 0.503 e. The van der Waals surface area contributed by atoms with Gasteiger partial charge in [-0.2, -0.15) is 0 Å². The highest BCUT2D eigenvalue weighted by molar-refractivity contribution is 5.25. The van der Waals surface area contributed by atoms with E-state index in [0.29, 0.717) is 5.69 Å². The quantitative estimate of drug-likeness (QED) is 0.786. The SMILES string of the molecule is Cc1c(O)c(=O)ccn1CCCCCCN1CCCCC1. The highest BCUT2D eigenvalue weighted by Crippen LogP contribution is 2.12. The second-order valence-corrected chi connectivity index (χ2v) is 6.12. The first-order valence-corrected chi connectivity index (χ1v) is 8.30. The molecule has 0 atom stereocenters. The van der Waals surface area contributed by atoms with Crippen molar-refractivity contribution in [2.75, 3.05) is 19.6 Å². The Kier molecular flexibility index (Phi) is 6.30. The minimum atomic E-state index is -0.287. The first-order valence-electron chi connectivity index (χ1n) is 8.30. The van der Waals surface area contributed by atoms with Gasteiger partial charge in [-0.05, 0) is 52.2 Å². The number of aromatic hydroxyl groups is 1. The standard InChI is InChI=1S/C17H28N2O2/c1-15-17(21)16(20)9-14-19(15)13-8-3-2-5-10-18-11-6-4-7-12-18/h9,14,21H,2-8,10-13H2,1H3. The van der Waals surface area contributed by atoms with Gasteiger partial charge in [0, 0.05) is 18.8 Å². The van der Waals surface area contributed by atoms with E-state index < -0.39 is 0 Å². The lowest BCUT2D eigenvalue weighted by Crippen LogP contribution is -2.30. The molecule has 0 spiro atoms. The molecule has 118 valence electrons. The zero-order valence-electron chi connectivity index (χ0n) is 13.2. The van der Waals surface area contributed by atoms with E-state index in [4.69, 9.17) is 0 Å². The minimum absolute atomic E-state index is 0.109. The Labute approximate surface area is 127 Å². The van der Waals surface area contributed by atoms with Crippen LogP contribution in [0.3, 0.4) is 0 Å². The van der Waals surface area contributed by atoms with Crippen molar-refractivity contribution in [3.05, 3.63) is 28.2 Å². The summed E-state index contributed by atoms with van der Waals surface area (Å²) in [6, 6.07) is 1.44. The molecule has 1 N–H and O–H groups in total. The average Bonchev–Trinajstić information content (AvgIpc) is 2.51. The fourth-order valence-corrected chi connectivity index (χ4v) is 3.06. The highest BCUT2D eigenvalue weighted by atomic mass is 16.3. The Bertz CT molecular complexity index is 490. The van der Waals surface area contributed by atoms with Crippen LogP contribution in [-0.4, -0.2) is 34.2 Å². The molecule has 4 heteroatoms. The van der Waals surface area contributed by atoms with E-state index >= 15 is 0 Å². The molecule has 1 aliphatic rings. The number of unbranched alkanes of at least 4 members (excludes halogenated alkanes) is 3. The molecular formula is C17H28N2O2. The van der Waals surface area contributed by atoms with Crippen molar-refractivity contribution in [1.82, 2.24) is 9.47 Å². The third kappa shape index (κ3) is 4.88. The first kappa shape index (κ1) is 16.1. The molecule has 0 saturated carbocycles. The van der Waals surface area contributed by atoms with Crippen molar-refractivity contribution in [3.8, 4) is 5.75 Å². The molecule has 2 heterocycles. The molecule has 0 amide bonds. The number of aromatic nitrogens is 1. The van der Waals surface area contributed by atoms with Gasteiger partial charge in [-0.25, -0.2) is 0 Å². The Morgan fingerprint density at radius 1 is 1.05 bits per heavy atom. The lowest BCUT2D eigenvalue weighted by molar-refractivity contribution is 0.224. The van der Waals surface area contributed by atoms with Gasteiger partial charge in [-0.3, -0.25) is 4.79 Å². The zero-order valence-corrected chi connectivity index (χ0v) is 13.2. The van der Waals surface area contributed by atoms with Crippen LogP contribution in [0, 0.1) is 6.92 Å². The van der Waals surface area contributed by atoms with E-state index in [0.717, 1.165) is 13.0 Å².